The second-order valence-corrected chi connectivity index (χ2v) is 37.0. The Morgan fingerprint density at radius 1 is 0.429 bits per heavy atom. The van der Waals surface area contributed by atoms with E-state index in [0.29, 0.717) is 69.4 Å². The number of fused-ring (bicyclic) bond motifs is 3. The number of aliphatic hydroxyl groups is 1. The third-order valence-corrected chi connectivity index (χ3v) is 26.3. The number of halogens is 6. The van der Waals surface area contributed by atoms with E-state index in [2.05, 4.69) is 55.4 Å². The van der Waals surface area contributed by atoms with Gasteiger partial charge in [0.1, 0.15) is 0 Å². The van der Waals surface area contributed by atoms with E-state index < -0.39 is 78.0 Å². The number of carboxylic acids is 1. The number of rotatable bonds is 49. The Labute approximate surface area is 725 Å². The number of carboxylic acid groups (broad SMARTS) is 1. The number of aliphatic hydroxyl groups excluding tert-OH is 1. The first-order chi connectivity index (χ1) is 56.8. The molecule has 0 saturated carbocycles. The van der Waals surface area contributed by atoms with Crippen LogP contribution in [-0.4, -0.2) is 257 Å². The van der Waals surface area contributed by atoms with E-state index in [-0.39, 0.29) is 190 Å². The van der Waals surface area contributed by atoms with Gasteiger partial charge >= 0.3 is 12.0 Å². The molecule has 0 fully saturated rings. The van der Waals surface area contributed by atoms with Crippen molar-refractivity contribution in [1.82, 2.24) is 55.4 Å². The van der Waals surface area contributed by atoms with E-state index >= 15 is 0 Å². The summed E-state index contributed by atoms with van der Waals surface area (Å²) in [4.78, 5) is 73.0. The Kier molecular flexibility index (Phi) is 37.9. The molecule has 6 aromatic rings. The number of hydrogen-bond donors (Lipinski definition) is 10. The third kappa shape index (κ3) is 29.6. The first kappa shape index (κ1) is 96.4. The van der Waals surface area contributed by atoms with Crippen molar-refractivity contribution in [2.24, 2.45) is 0 Å². The van der Waals surface area contributed by atoms with E-state index in [4.69, 9.17) is 98.0 Å². The van der Waals surface area contributed by atoms with Crippen molar-refractivity contribution in [3.8, 4) is 0 Å². The first-order valence-electron chi connectivity index (χ1n) is 38.8. The smallest absolute Gasteiger partial charge is 0.328 e. The fourth-order valence-corrected chi connectivity index (χ4v) is 19.3. The normalized spacial score (nSPS) is 16.3. The molecule has 652 valence electrons. The molecular formula is C80H103Cl6N11O19S3. The van der Waals surface area contributed by atoms with E-state index in [9.17, 15) is 59.4 Å². The lowest BCUT2D eigenvalue weighted by atomic mass is 9.83. The minimum atomic E-state index is -3.94. The van der Waals surface area contributed by atoms with Crippen molar-refractivity contribution in [2.45, 2.75) is 102 Å². The van der Waals surface area contributed by atoms with Crippen molar-refractivity contribution in [3.63, 3.8) is 0 Å². The Balaban J connectivity index is 0.717. The van der Waals surface area contributed by atoms with Gasteiger partial charge in [-0.3, -0.25) is 14.4 Å². The maximum absolute atomic E-state index is 13.7. The SMILES string of the molecule is CN1Cc2c(Cl)cc(Cl)cc2[C@H](c2cccc(S(=O)(=O)NCCOCCOCCNC(=O)CCC(CCC(=O)NCCOCCOCCNS(=O)(=O)c3cccc([C@@H]4CN(C)Cc5c(Cl)cc(Cl)cc54)c3)(CCC(=O)NCCOCCOCCNS(=O)(=O)c3cccc([C@@H]4CN(C)Cc5c(Cl)cc(Cl)cc54)c3)NC(=O)N[C@@H](CO)C(=O)O)c2)C1. The van der Waals surface area contributed by atoms with Crippen LogP contribution in [0.15, 0.2) is 124 Å². The van der Waals surface area contributed by atoms with Crippen LogP contribution in [0.3, 0.4) is 0 Å². The third-order valence-electron chi connectivity index (χ3n) is 20.3. The number of sulfonamides is 3. The van der Waals surface area contributed by atoms with Crippen molar-refractivity contribution in [1.29, 1.82) is 0 Å². The minimum absolute atomic E-state index is 0.0178. The number of hydrogen-bond acceptors (Lipinski definition) is 21. The highest BCUT2D eigenvalue weighted by Crippen LogP contribution is 2.43. The topological polar surface area (TPSA) is 390 Å². The summed E-state index contributed by atoms with van der Waals surface area (Å²) in [5, 5.41) is 35.8. The molecular weight excluding hydrogens is 1730 g/mol. The van der Waals surface area contributed by atoms with Crippen LogP contribution in [0, 0.1) is 0 Å². The van der Waals surface area contributed by atoms with Gasteiger partial charge in [0.25, 0.3) is 0 Å². The lowest BCUT2D eigenvalue weighted by molar-refractivity contribution is -0.140. The maximum atomic E-state index is 13.7. The number of carbonyl (C=O) groups excluding carboxylic acids is 4. The fraction of sp³-hybridized carbons (Fsp3) is 0.487. The van der Waals surface area contributed by atoms with E-state index in [0.717, 1.165) is 50.1 Å². The minimum Gasteiger partial charge on any atom is -0.480 e. The zero-order valence-electron chi connectivity index (χ0n) is 66.3. The quantitative estimate of drug-likeness (QED) is 0.0162. The van der Waals surface area contributed by atoms with Gasteiger partial charge in [0.15, 0.2) is 6.04 Å². The van der Waals surface area contributed by atoms with Crippen LogP contribution in [0.25, 0.3) is 0 Å². The predicted molar refractivity (Wildman–Crippen MR) is 453 cm³/mol. The number of nitrogens with one attached hydrogen (secondary N) is 8. The molecule has 0 bridgehead atoms. The van der Waals surface area contributed by atoms with Crippen LogP contribution in [0.4, 0.5) is 4.79 Å². The summed E-state index contributed by atoms with van der Waals surface area (Å²) in [6.07, 6.45) is -1.38. The Morgan fingerprint density at radius 3 is 0.992 bits per heavy atom. The molecule has 30 nitrogen and oxygen atoms in total. The second kappa shape index (κ2) is 46.9. The predicted octanol–water partition coefficient (Wildman–Crippen LogP) is 7.85. The highest BCUT2D eigenvalue weighted by Gasteiger charge is 2.37. The number of ether oxygens (including phenoxy) is 6. The van der Waals surface area contributed by atoms with Crippen molar-refractivity contribution in [3.05, 3.63) is 189 Å². The zero-order valence-corrected chi connectivity index (χ0v) is 73.3. The summed E-state index contributed by atoms with van der Waals surface area (Å²) < 4.78 is 122. The number of likely N-dealkylation sites (N-methyl/N-ethyl adjacent to an activating group) is 3. The summed E-state index contributed by atoms with van der Waals surface area (Å²) >= 11 is 38.9. The molecule has 0 saturated heterocycles. The number of carbonyl (C=O) groups is 5. The van der Waals surface area contributed by atoms with Gasteiger partial charge in [-0.05, 0) is 163 Å². The summed E-state index contributed by atoms with van der Waals surface area (Å²) in [6, 6.07) is 28.0. The fourth-order valence-electron chi connectivity index (χ4n) is 14.3. The molecule has 3 heterocycles. The standard InChI is InChI=1S/C80H103Cl6N11O19S3/c1-95-46-65(62-40-56(81)43-71(84)68(62)49-95)53-7-4-10-59(37-53)117(105,106)90-22-28-114-34-31-111-25-19-87-75(99)13-16-80(94-79(104)93-74(52-98)78(102)103,17-14-76(100)88-20-26-112-32-35-115-29-23-91-118(107,108)60-11-5-8-54(38-60)66-47-96(2)50-69-63(66)41-57(82)44-72(69)85)18-15-77(101)89-21-27-113-33-36-116-30-24-92-119(109,110)61-12-6-9-55(39-61)67-48-97(3)51-70-64(67)42-58(83)45-73(70)86/h4-12,37-45,65-67,74,90-92,98H,13-36,46-52H2,1-3H3,(H,87,99)(H,88,100)(H,89,101)(H,102,103)(H2,93,94,104)/t65-,66-,67-,74-/m0/s1. The molecule has 10 N–H and O–H groups in total. The van der Waals surface area contributed by atoms with Gasteiger partial charge in [0, 0.05) is 151 Å². The molecule has 0 unspecified atom stereocenters. The van der Waals surface area contributed by atoms with Crippen LogP contribution in [0.1, 0.15) is 106 Å². The highest BCUT2D eigenvalue weighted by molar-refractivity contribution is 7.90. The molecule has 119 heavy (non-hydrogen) atoms. The van der Waals surface area contributed by atoms with Crippen LogP contribution < -0.4 is 40.8 Å². The molecule has 0 radical (unpaired) electrons. The highest BCUT2D eigenvalue weighted by atomic mass is 35.5. The van der Waals surface area contributed by atoms with Crippen molar-refractivity contribution >= 4 is 129 Å². The number of urea groups is 1. The van der Waals surface area contributed by atoms with Crippen LogP contribution in [0.2, 0.25) is 30.1 Å². The molecule has 0 spiro atoms. The van der Waals surface area contributed by atoms with E-state index in [1.165, 1.54) is 18.2 Å². The maximum Gasteiger partial charge on any atom is 0.328 e. The van der Waals surface area contributed by atoms with Gasteiger partial charge in [-0.25, -0.2) is 49.0 Å². The van der Waals surface area contributed by atoms with Crippen LogP contribution >= 0.6 is 69.6 Å². The Bertz CT molecular complexity index is 4380. The molecule has 9 rings (SSSR count). The average Bonchev–Trinajstić information content (AvgIpc) is 0.780. The number of benzene rings is 6. The van der Waals surface area contributed by atoms with Crippen molar-refractivity contribution in [2.75, 3.05) is 166 Å². The summed E-state index contributed by atoms with van der Waals surface area (Å²) in [5.41, 5.74) is 6.44. The second-order valence-electron chi connectivity index (χ2n) is 29.2. The van der Waals surface area contributed by atoms with Gasteiger partial charge in [0.2, 0.25) is 47.8 Å². The molecule has 5 amide bonds. The largest absolute Gasteiger partial charge is 0.480 e. The van der Waals surface area contributed by atoms with E-state index in [1.54, 1.807) is 54.6 Å². The monoisotopic (exact) mass is 1830 g/mol. The Morgan fingerprint density at radius 2 is 0.714 bits per heavy atom. The van der Waals surface area contributed by atoms with Gasteiger partial charge in [0.05, 0.1) is 101 Å². The van der Waals surface area contributed by atoms with Crippen LogP contribution in [-0.2, 0) is 97.3 Å². The lowest BCUT2D eigenvalue weighted by Gasteiger charge is -2.35. The number of amides is 5. The summed E-state index contributed by atoms with van der Waals surface area (Å²) in [5.74, 6) is -3.62. The first-order valence-corrected chi connectivity index (χ1v) is 45.5. The molecule has 39 heteroatoms. The summed E-state index contributed by atoms with van der Waals surface area (Å²) in [6.45, 7) is 3.36. The van der Waals surface area contributed by atoms with Crippen molar-refractivity contribution < 1.29 is 87.9 Å². The van der Waals surface area contributed by atoms with Gasteiger partial charge in [-0.2, -0.15) is 0 Å². The van der Waals surface area contributed by atoms with Gasteiger partial charge < -0.3 is 79.9 Å². The summed E-state index contributed by atoms with van der Waals surface area (Å²) in [7, 11) is -5.92. The Hall–Kier alpha value is -6.46. The average molecular weight is 1830 g/mol. The van der Waals surface area contributed by atoms with Gasteiger partial charge in [-0.15, -0.1) is 0 Å². The molecule has 0 aliphatic carbocycles. The molecule has 6 aromatic carbocycles. The number of aliphatic carboxylic acids is 1. The molecule has 3 aliphatic rings. The molecule has 4 atom stereocenters. The molecule has 3 aliphatic heterocycles. The lowest BCUT2D eigenvalue weighted by Crippen LogP contribution is -2.57. The van der Waals surface area contributed by atoms with Gasteiger partial charge in [-0.1, -0.05) is 106 Å². The van der Waals surface area contributed by atoms with Crippen LogP contribution in [0.5, 0.6) is 0 Å². The molecule has 0 aromatic heterocycles. The van der Waals surface area contributed by atoms with E-state index in [1.807, 2.05) is 57.5 Å². The number of nitrogens with zero attached hydrogens (tertiary/aromatic N) is 3. The zero-order chi connectivity index (χ0) is 85.9.